The van der Waals surface area contributed by atoms with E-state index in [4.69, 9.17) is 5.11 Å². The molecule has 112 valence electrons. The maximum absolute atomic E-state index is 13.7. The number of carboxylic acid groups (broad SMARTS) is 1. The van der Waals surface area contributed by atoms with E-state index in [-0.39, 0.29) is 16.7 Å². The lowest BCUT2D eigenvalue weighted by Crippen LogP contribution is -2.01. The van der Waals surface area contributed by atoms with Crippen molar-refractivity contribution in [2.24, 2.45) is 0 Å². The summed E-state index contributed by atoms with van der Waals surface area (Å²) in [6.45, 7) is 1.32. The Kier molecular flexibility index (Phi) is 4.46. The number of carboxylic acids is 1. The highest BCUT2D eigenvalue weighted by Crippen LogP contribution is 2.24. The second-order valence-corrected chi connectivity index (χ2v) is 4.70. The molecule has 0 radical (unpaired) electrons. The second kappa shape index (κ2) is 6.30. The number of rotatable bonds is 4. The summed E-state index contributed by atoms with van der Waals surface area (Å²) in [5.41, 5.74) is 0.927. The van der Waals surface area contributed by atoms with Crippen LogP contribution in [-0.4, -0.2) is 16.9 Å². The van der Waals surface area contributed by atoms with Gasteiger partial charge >= 0.3 is 5.97 Å². The number of allylic oxidation sites excluding steroid dienone is 1. The van der Waals surface area contributed by atoms with Gasteiger partial charge in [0.25, 0.3) is 0 Å². The van der Waals surface area contributed by atoms with E-state index in [2.05, 4.69) is 0 Å². The predicted molar refractivity (Wildman–Crippen MR) is 77.5 cm³/mol. The Morgan fingerprint density at radius 1 is 1.05 bits per heavy atom. The number of hydrogen-bond donors (Lipinski definition) is 1. The van der Waals surface area contributed by atoms with Gasteiger partial charge in [0.1, 0.15) is 11.6 Å². The Bertz CT molecular complexity index is 762. The number of carbonyl (C=O) groups excluding carboxylic acids is 1. The third kappa shape index (κ3) is 3.44. The molecule has 0 aliphatic heterocycles. The number of benzene rings is 2. The molecule has 2 aromatic carbocycles. The van der Waals surface area contributed by atoms with Crippen LogP contribution in [0.3, 0.4) is 0 Å². The van der Waals surface area contributed by atoms with Crippen LogP contribution in [0.25, 0.3) is 11.1 Å². The molecule has 3 nitrogen and oxygen atoms in total. The number of carbonyl (C=O) groups is 2. The summed E-state index contributed by atoms with van der Waals surface area (Å²) in [5, 5.41) is 8.73. The molecule has 0 fully saturated rings. The van der Waals surface area contributed by atoms with Crippen molar-refractivity contribution in [3.8, 4) is 11.1 Å². The van der Waals surface area contributed by atoms with Gasteiger partial charge in [-0.2, -0.15) is 0 Å². The third-order valence-corrected chi connectivity index (χ3v) is 3.10. The molecule has 0 bridgehead atoms. The van der Waals surface area contributed by atoms with Crippen molar-refractivity contribution >= 4 is 11.8 Å². The Balaban J connectivity index is 2.29. The molecular weight excluding hydrogens is 290 g/mol. The molecule has 0 unspecified atom stereocenters. The molecule has 0 heterocycles. The van der Waals surface area contributed by atoms with Crippen molar-refractivity contribution in [3.63, 3.8) is 0 Å². The van der Waals surface area contributed by atoms with Gasteiger partial charge < -0.3 is 5.11 Å². The maximum Gasteiger partial charge on any atom is 0.331 e. The van der Waals surface area contributed by atoms with E-state index in [9.17, 15) is 18.4 Å². The first kappa shape index (κ1) is 15.6. The number of halogens is 2. The van der Waals surface area contributed by atoms with Gasteiger partial charge in [-0.25, -0.2) is 13.6 Å². The Labute approximate surface area is 125 Å². The first-order valence-electron chi connectivity index (χ1n) is 6.40. The SMILES string of the molecule is C/C(=C\C(=O)c1ccc(-c2ccc(F)cc2F)cc1)C(=O)O. The van der Waals surface area contributed by atoms with Gasteiger partial charge in [-0.05, 0) is 30.7 Å². The third-order valence-electron chi connectivity index (χ3n) is 3.10. The monoisotopic (exact) mass is 302 g/mol. The Morgan fingerprint density at radius 3 is 2.23 bits per heavy atom. The highest BCUT2D eigenvalue weighted by Gasteiger charge is 2.09. The average Bonchev–Trinajstić information content (AvgIpc) is 2.47. The van der Waals surface area contributed by atoms with Crippen LogP contribution >= 0.6 is 0 Å². The van der Waals surface area contributed by atoms with Crippen molar-refractivity contribution in [2.75, 3.05) is 0 Å². The van der Waals surface area contributed by atoms with Crippen LogP contribution < -0.4 is 0 Å². The second-order valence-electron chi connectivity index (χ2n) is 4.70. The molecule has 0 amide bonds. The summed E-state index contributed by atoms with van der Waals surface area (Å²) in [5.74, 6) is -2.98. The number of aliphatic carboxylic acids is 1. The van der Waals surface area contributed by atoms with E-state index in [1.54, 1.807) is 0 Å². The summed E-state index contributed by atoms with van der Waals surface area (Å²) in [6, 6.07) is 9.22. The van der Waals surface area contributed by atoms with Crippen LogP contribution in [0.1, 0.15) is 17.3 Å². The lowest BCUT2D eigenvalue weighted by Gasteiger charge is -2.04. The van der Waals surface area contributed by atoms with Crippen molar-refractivity contribution in [3.05, 3.63) is 71.3 Å². The van der Waals surface area contributed by atoms with E-state index in [1.807, 2.05) is 0 Å². The highest BCUT2D eigenvalue weighted by atomic mass is 19.1. The van der Waals surface area contributed by atoms with E-state index < -0.39 is 23.4 Å². The van der Waals surface area contributed by atoms with Crippen LogP contribution in [0.4, 0.5) is 8.78 Å². The number of hydrogen-bond acceptors (Lipinski definition) is 2. The molecule has 0 aromatic heterocycles. The fraction of sp³-hybridized carbons (Fsp3) is 0.0588. The maximum atomic E-state index is 13.7. The van der Waals surface area contributed by atoms with Gasteiger partial charge in [-0.15, -0.1) is 0 Å². The molecule has 0 saturated carbocycles. The van der Waals surface area contributed by atoms with Gasteiger partial charge in [0.15, 0.2) is 5.78 Å². The zero-order valence-electron chi connectivity index (χ0n) is 11.6. The Hall–Kier alpha value is -2.82. The average molecular weight is 302 g/mol. The Morgan fingerprint density at radius 2 is 1.68 bits per heavy atom. The summed E-state index contributed by atoms with van der Waals surface area (Å²) in [4.78, 5) is 22.5. The van der Waals surface area contributed by atoms with Gasteiger partial charge in [0, 0.05) is 22.8 Å². The van der Waals surface area contributed by atoms with E-state index in [1.165, 1.54) is 37.3 Å². The molecular formula is C17H12F2O3. The molecule has 2 aromatic rings. The molecule has 5 heteroatoms. The minimum atomic E-state index is -1.17. The smallest absolute Gasteiger partial charge is 0.331 e. The van der Waals surface area contributed by atoms with Gasteiger partial charge in [0.2, 0.25) is 0 Å². The van der Waals surface area contributed by atoms with Crippen LogP contribution in [0, 0.1) is 11.6 Å². The minimum absolute atomic E-state index is 0.0707. The van der Waals surface area contributed by atoms with Crippen molar-refractivity contribution in [1.82, 2.24) is 0 Å². The van der Waals surface area contributed by atoms with E-state index in [0.29, 0.717) is 5.56 Å². The molecule has 2 rings (SSSR count). The summed E-state index contributed by atoms with van der Waals surface area (Å²) >= 11 is 0. The molecule has 1 N–H and O–H groups in total. The van der Waals surface area contributed by atoms with Crippen LogP contribution in [-0.2, 0) is 4.79 Å². The topological polar surface area (TPSA) is 54.4 Å². The molecule has 0 saturated heterocycles. The molecule has 22 heavy (non-hydrogen) atoms. The molecule has 0 atom stereocenters. The summed E-state index contributed by atoms with van der Waals surface area (Å²) < 4.78 is 26.6. The first-order valence-corrected chi connectivity index (χ1v) is 6.40. The quantitative estimate of drug-likeness (QED) is 0.689. The summed E-state index contributed by atoms with van der Waals surface area (Å²) in [7, 11) is 0. The van der Waals surface area contributed by atoms with Crippen molar-refractivity contribution in [1.29, 1.82) is 0 Å². The predicted octanol–water partition coefficient (Wildman–Crippen LogP) is 3.85. The summed E-state index contributed by atoms with van der Waals surface area (Å²) in [6.07, 6.45) is 1.02. The van der Waals surface area contributed by atoms with Gasteiger partial charge in [-0.1, -0.05) is 24.3 Å². The highest BCUT2D eigenvalue weighted by molar-refractivity contribution is 6.08. The van der Waals surface area contributed by atoms with Crippen LogP contribution in [0.15, 0.2) is 54.1 Å². The molecule has 0 aliphatic carbocycles. The lowest BCUT2D eigenvalue weighted by atomic mass is 10.0. The van der Waals surface area contributed by atoms with Gasteiger partial charge in [-0.3, -0.25) is 4.79 Å². The van der Waals surface area contributed by atoms with Crippen molar-refractivity contribution < 1.29 is 23.5 Å². The van der Waals surface area contributed by atoms with Crippen LogP contribution in [0.2, 0.25) is 0 Å². The van der Waals surface area contributed by atoms with E-state index >= 15 is 0 Å². The lowest BCUT2D eigenvalue weighted by molar-refractivity contribution is -0.132. The molecule has 0 aliphatic rings. The zero-order chi connectivity index (χ0) is 16.3. The molecule has 0 spiro atoms. The normalized spacial score (nSPS) is 11.3. The fourth-order valence-corrected chi connectivity index (χ4v) is 1.88. The standard InChI is InChI=1S/C17H12F2O3/c1-10(17(21)22)8-16(20)12-4-2-11(3-5-12)14-7-6-13(18)9-15(14)19/h2-9H,1H3,(H,21,22)/b10-8+. The minimum Gasteiger partial charge on any atom is -0.478 e. The van der Waals surface area contributed by atoms with E-state index in [0.717, 1.165) is 18.2 Å². The zero-order valence-corrected chi connectivity index (χ0v) is 11.6. The van der Waals surface area contributed by atoms with Crippen molar-refractivity contribution in [2.45, 2.75) is 6.92 Å². The largest absolute Gasteiger partial charge is 0.478 e. The van der Waals surface area contributed by atoms with Crippen LogP contribution in [0.5, 0.6) is 0 Å². The fourth-order valence-electron chi connectivity index (χ4n) is 1.88. The first-order chi connectivity index (χ1) is 10.4. The number of ketones is 1. The van der Waals surface area contributed by atoms with Gasteiger partial charge in [0.05, 0.1) is 0 Å².